The van der Waals surface area contributed by atoms with Crippen LogP contribution in [0, 0.1) is 13.8 Å². The van der Waals surface area contributed by atoms with Gasteiger partial charge in [-0.15, -0.1) is 0 Å². The maximum atomic E-state index is 12.2. The Labute approximate surface area is 133 Å². The molecule has 4 heteroatoms. The topological polar surface area (TPSA) is 38.8 Å². The van der Waals surface area contributed by atoms with Gasteiger partial charge in [0.2, 0.25) is 0 Å². The minimum Gasteiger partial charge on any atom is -0.496 e. The Bertz CT molecular complexity index is 527. The summed E-state index contributed by atoms with van der Waals surface area (Å²) in [6.07, 6.45) is 3.14. The Kier molecular flexibility index (Phi) is 5.83. The van der Waals surface area contributed by atoms with Gasteiger partial charge in [-0.25, -0.2) is 0 Å². The molecule has 0 bridgehead atoms. The van der Waals surface area contributed by atoms with Crippen LogP contribution in [0.4, 0.5) is 0 Å². The number of likely N-dealkylation sites (tertiary alicyclic amines) is 1. The minimum atomic E-state index is -0.101. The Balaban J connectivity index is 2.16. The van der Waals surface area contributed by atoms with Crippen LogP contribution >= 0.6 is 0 Å². The van der Waals surface area contributed by atoms with Crippen molar-refractivity contribution in [3.8, 4) is 5.75 Å². The number of carbonyl (C=O) groups is 1. The lowest BCUT2D eigenvalue weighted by Gasteiger charge is -2.34. The second kappa shape index (κ2) is 7.63. The number of hydrogen-bond donors (Lipinski definition) is 0. The second-order valence-corrected chi connectivity index (χ2v) is 5.98. The zero-order valence-electron chi connectivity index (χ0n) is 14.1. The molecule has 0 spiro atoms. The number of piperidine rings is 1. The maximum Gasteiger partial charge on any atom is 0.323 e. The average Bonchev–Trinajstić information content (AvgIpc) is 2.51. The van der Waals surface area contributed by atoms with Crippen LogP contribution in [0.5, 0.6) is 5.75 Å². The van der Waals surface area contributed by atoms with E-state index in [0.29, 0.717) is 6.61 Å². The fourth-order valence-electron chi connectivity index (χ4n) is 3.14. The van der Waals surface area contributed by atoms with Crippen LogP contribution < -0.4 is 4.74 Å². The largest absolute Gasteiger partial charge is 0.496 e. The molecule has 1 fully saturated rings. The van der Waals surface area contributed by atoms with Gasteiger partial charge in [0, 0.05) is 6.54 Å². The normalized spacial score (nSPS) is 19.0. The smallest absolute Gasteiger partial charge is 0.323 e. The molecule has 1 aromatic carbocycles. The monoisotopic (exact) mass is 305 g/mol. The number of benzene rings is 1. The van der Waals surface area contributed by atoms with E-state index in [1.165, 1.54) is 11.1 Å². The standard InChI is InChI=1S/C18H27NO3/c1-5-22-18(20)16-8-6-7-9-19(16)12-15-10-14(3)17(21-4)11-13(15)2/h10-11,16H,5-9,12H2,1-4H3/t16-/m1/s1. The molecule has 0 radical (unpaired) electrons. The van der Waals surface area contributed by atoms with Crippen molar-refractivity contribution in [3.05, 3.63) is 28.8 Å². The van der Waals surface area contributed by atoms with Gasteiger partial charge < -0.3 is 9.47 Å². The van der Waals surface area contributed by atoms with Crippen molar-refractivity contribution in [2.24, 2.45) is 0 Å². The predicted molar refractivity (Wildman–Crippen MR) is 87.2 cm³/mol. The zero-order chi connectivity index (χ0) is 16.1. The lowest BCUT2D eigenvalue weighted by Crippen LogP contribution is -2.45. The van der Waals surface area contributed by atoms with Crippen molar-refractivity contribution in [1.29, 1.82) is 0 Å². The van der Waals surface area contributed by atoms with Crippen LogP contribution in [0.2, 0.25) is 0 Å². The summed E-state index contributed by atoms with van der Waals surface area (Å²) in [6, 6.07) is 4.15. The highest BCUT2D eigenvalue weighted by molar-refractivity contribution is 5.75. The van der Waals surface area contributed by atoms with E-state index in [2.05, 4.69) is 30.9 Å². The molecule has 0 aliphatic carbocycles. The number of hydrogen-bond acceptors (Lipinski definition) is 4. The third-order valence-corrected chi connectivity index (χ3v) is 4.40. The number of methoxy groups -OCH3 is 1. The highest BCUT2D eigenvalue weighted by Gasteiger charge is 2.30. The lowest BCUT2D eigenvalue weighted by atomic mass is 9.99. The van der Waals surface area contributed by atoms with Crippen molar-refractivity contribution in [3.63, 3.8) is 0 Å². The van der Waals surface area contributed by atoms with Crippen molar-refractivity contribution in [1.82, 2.24) is 4.90 Å². The number of esters is 1. The van der Waals surface area contributed by atoms with Crippen LogP contribution in [-0.4, -0.2) is 37.2 Å². The molecule has 1 saturated heterocycles. The summed E-state index contributed by atoms with van der Waals surface area (Å²) in [5, 5.41) is 0. The average molecular weight is 305 g/mol. The molecule has 1 aromatic rings. The molecule has 0 unspecified atom stereocenters. The number of carbonyl (C=O) groups excluding carboxylic acids is 1. The molecule has 0 aromatic heterocycles. The Morgan fingerprint density at radius 1 is 1.27 bits per heavy atom. The Morgan fingerprint density at radius 3 is 2.73 bits per heavy atom. The first-order chi connectivity index (χ1) is 10.6. The highest BCUT2D eigenvalue weighted by Crippen LogP contribution is 2.26. The second-order valence-electron chi connectivity index (χ2n) is 5.98. The van der Waals surface area contributed by atoms with Gasteiger partial charge in [0.25, 0.3) is 0 Å². The van der Waals surface area contributed by atoms with Gasteiger partial charge in [-0.05, 0) is 62.9 Å². The first kappa shape index (κ1) is 16.8. The molecule has 1 heterocycles. The molecular weight excluding hydrogens is 278 g/mol. The van der Waals surface area contributed by atoms with Gasteiger partial charge in [0.1, 0.15) is 11.8 Å². The van der Waals surface area contributed by atoms with Crippen molar-refractivity contribution >= 4 is 5.97 Å². The summed E-state index contributed by atoms with van der Waals surface area (Å²) in [5.41, 5.74) is 3.60. The third-order valence-electron chi connectivity index (χ3n) is 4.40. The summed E-state index contributed by atoms with van der Waals surface area (Å²) in [7, 11) is 1.70. The van der Waals surface area contributed by atoms with E-state index in [-0.39, 0.29) is 12.0 Å². The number of nitrogens with zero attached hydrogens (tertiary/aromatic N) is 1. The van der Waals surface area contributed by atoms with Crippen LogP contribution in [0.1, 0.15) is 42.9 Å². The van der Waals surface area contributed by atoms with Gasteiger partial charge in [-0.3, -0.25) is 9.69 Å². The highest BCUT2D eigenvalue weighted by atomic mass is 16.5. The summed E-state index contributed by atoms with van der Waals surface area (Å²) in [6.45, 7) is 8.21. The fourth-order valence-corrected chi connectivity index (χ4v) is 3.14. The van der Waals surface area contributed by atoms with E-state index in [1.807, 2.05) is 6.92 Å². The maximum absolute atomic E-state index is 12.2. The number of ether oxygens (including phenoxy) is 2. The summed E-state index contributed by atoms with van der Waals surface area (Å²) in [4.78, 5) is 14.4. The third kappa shape index (κ3) is 3.80. The van der Waals surface area contributed by atoms with Crippen molar-refractivity contribution in [2.45, 2.75) is 52.6 Å². The van der Waals surface area contributed by atoms with Crippen LogP contribution in [0.3, 0.4) is 0 Å². The predicted octanol–water partition coefficient (Wildman–Crippen LogP) is 3.23. The van der Waals surface area contributed by atoms with Crippen LogP contribution in [0.15, 0.2) is 12.1 Å². The van der Waals surface area contributed by atoms with E-state index >= 15 is 0 Å². The first-order valence-electron chi connectivity index (χ1n) is 8.11. The molecule has 0 amide bonds. The molecule has 0 N–H and O–H groups in total. The molecule has 2 rings (SSSR count). The molecule has 22 heavy (non-hydrogen) atoms. The lowest BCUT2D eigenvalue weighted by molar-refractivity contribution is -0.151. The van der Waals surface area contributed by atoms with Gasteiger partial charge in [-0.2, -0.15) is 0 Å². The molecule has 122 valence electrons. The van der Waals surface area contributed by atoms with E-state index < -0.39 is 0 Å². The SMILES string of the molecule is CCOC(=O)[C@H]1CCCCN1Cc1cc(C)c(OC)cc1C. The molecule has 4 nitrogen and oxygen atoms in total. The summed E-state index contributed by atoms with van der Waals surface area (Å²) < 4.78 is 10.6. The molecular formula is C18H27NO3. The summed E-state index contributed by atoms with van der Waals surface area (Å²) in [5.74, 6) is 0.840. The molecule has 1 aliphatic rings. The quantitative estimate of drug-likeness (QED) is 0.783. The van der Waals surface area contributed by atoms with E-state index in [4.69, 9.17) is 9.47 Å². The Hall–Kier alpha value is -1.55. The minimum absolute atomic E-state index is 0.0786. The van der Waals surface area contributed by atoms with Gasteiger partial charge >= 0.3 is 5.97 Å². The van der Waals surface area contributed by atoms with E-state index in [9.17, 15) is 4.79 Å². The molecule has 1 aliphatic heterocycles. The number of aryl methyl sites for hydroxylation is 2. The number of rotatable bonds is 5. The van der Waals surface area contributed by atoms with Crippen molar-refractivity contribution in [2.75, 3.05) is 20.3 Å². The van der Waals surface area contributed by atoms with Crippen molar-refractivity contribution < 1.29 is 14.3 Å². The van der Waals surface area contributed by atoms with Gasteiger partial charge in [-0.1, -0.05) is 12.5 Å². The molecule has 0 saturated carbocycles. The van der Waals surface area contributed by atoms with E-state index in [0.717, 1.165) is 43.7 Å². The van der Waals surface area contributed by atoms with Crippen LogP contribution in [-0.2, 0) is 16.1 Å². The Morgan fingerprint density at radius 2 is 2.05 bits per heavy atom. The van der Waals surface area contributed by atoms with Gasteiger partial charge in [0.05, 0.1) is 13.7 Å². The molecule has 1 atom stereocenters. The fraction of sp³-hybridized carbons (Fsp3) is 0.611. The zero-order valence-corrected chi connectivity index (χ0v) is 14.1. The van der Waals surface area contributed by atoms with Crippen LogP contribution in [0.25, 0.3) is 0 Å². The van der Waals surface area contributed by atoms with Gasteiger partial charge in [0.15, 0.2) is 0 Å². The first-order valence-corrected chi connectivity index (χ1v) is 8.11. The summed E-state index contributed by atoms with van der Waals surface area (Å²) >= 11 is 0. The van der Waals surface area contributed by atoms with E-state index in [1.54, 1.807) is 7.11 Å².